The minimum atomic E-state index is -0.436. The maximum absolute atomic E-state index is 12.5. The van der Waals surface area contributed by atoms with Gasteiger partial charge in [-0.2, -0.15) is 0 Å². The van der Waals surface area contributed by atoms with Gasteiger partial charge in [0.05, 0.1) is 5.92 Å². The van der Waals surface area contributed by atoms with Crippen molar-refractivity contribution >= 4 is 17.6 Å². The fraction of sp³-hybridized carbons (Fsp3) is 0.333. The summed E-state index contributed by atoms with van der Waals surface area (Å²) in [5.41, 5.74) is 5.10. The molecule has 1 aliphatic heterocycles. The second kappa shape index (κ2) is 6.71. The van der Waals surface area contributed by atoms with E-state index in [4.69, 9.17) is 4.74 Å². The van der Waals surface area contributed by atoms with E-state index in [0.717, 1.165) is 22.4 Å². The molecule has 0 aromatic heterocycles. The molecule has 0 bridgehead atoms. The van der Waals surface area contributed by atoms with Crippen molar-refractivity contribution in [1.82, 2.24) is 0 Å². The Labute approximate surface area is 148 Å². The van der Waals surface area contributed by atoms with E-state index < -0.39 is 5.92 Å². The van der Waals surface area contributed by atoms with Crippen molar-refractivity contribution in [3.05, 3.63) is 58.7 Å². The van der Waals surface area contributed by atoms with Gasteiger partial charge in [-0.25, -0.2) is 0 Å². The van der Waals surface area contributed by atoms with Crippen LogP contribution in [-0.2, 0) is 9.59 Å². The van der Waals surface area contributed by atoms with Gasteiger partial charge in [0.1, 0.15) is 5.75 Å². The Balaban J connectivity index is 1.74. The molecule has 1 fully saturated rings. The van der Waals surface area contributed by atoms with Crippen LogP contribution in [0.5, 0.6) is 5.75 Å². The summed E-state index contributed by atoms with van der Waals surface area (Å²) in [6, 6.07) is 11.7. The first-order chi connectivity index (χ1) is 11.8. The zero-order valence-corrected chi connectivity index (χ0v) is 15.1. The number of hydrogen-bond donors (Lipinski definition) is 0. The SMILES string of the molecule is Cc1ccc(C)c(OC(=O)[C@@H]2CC(=O)N(c3ccc(C)c(C)c3)C2)c1. The van der Waals surface area contributed by atoms with E-state index in [9.17, 15) is 9.59 Å². The van der Waals surface area contributed by atoms with Gasteiger partial charge < -0.3 is 9.64 Å². The van der Waals surface area contributed by atoms with Crippen LogP contribution in [-0.4, -0.2) is 18.4 Å². The first kappa shape index (κ1) is 17.2. The number of amides is 1. The van der Waals surface area contributed by atoms with Crippen molar-refractivity contribution in [2.45, 2.75) is 34.1 Å². The molecule has 0 N–H and O–H groups in total. The number of ether oxygens (including phenoxy) is 1. The van der Waals surface area contributed by atoms with E-state index in [1.54, 1.807) is 4.90 Å². The van der Waals surface area contributed by atoms with Gasteiger partial charge in [0.25, 0.3) is 0 Å². The van der Waals surface area contributed by atoms with Crippen LogP contribution in [0.15, 0.2) is 36.4 Å². The maximum Gasteiger partial charge on any atom is 0.316 e. The minimum absolute atomic E-state index is 0.0360. The number of esters is 1. The smallest absolute Gasteiger partial charge is 0.316 e. The molecule has 1 aliphatic rings. The highest BCUT2D eigenvalue weighted by Gasteiger charge is 2.36. The third-order valence-electron chi connectivity index (χ3n) is 4.81. The molecule has 1 amide bonds. The zero-order valence-electron chi connectivity index (χ0n) is 15.1. The van der Waals surface area contributed by atoms with E-state index in [2.05, 4.69) is 0 Å². The summed E-state index contributed by atoms with van der Waals surface area (Å²) < 4.78 is 5.57. The quantitative estimate of drug-likeness (QED) is 0.631. The van der Waals surface area contributed by atoms with Crippen molar-refractivity contribution in [3.63, 3.8) is 0 Å². The van der Waals surface area contributed by atoms with Crippen LogP contribution in [0.25, 0.3) is 0 Å². The molecule has 0 saturated carbocycles. The first-order valence-corrected chi connectivity index (χ1v) is 8.51. The summed E-state index contributed by atoms with van der Waals surface area (Å²) in [5.74, 6) is -0.240. The maximum atomic E-state index is 12.5. The second-order valence-electron chi connectivity index (χ2n) is 6.86. The molecule has 0 aliphatic carbocycles. The zero-order chi connectivity index (χ0) is 18.1. The molecule has 3 rings (SSSR count). The average Bonchev–Trinajstić information content (AvgIpc) is 2.95. The predicted molar refractivity (Wildman–Crippen MR) is 97.9 cm³/mol. The van der Waals surface area contributed by atoms with E-state index >= 15 is 0 Å². The van der Waals surface area contributed by atoms with Crippen LogP contribution in [0, 0.1) is 33.6 Å². The monoisotopic (exact) mass is 337 g/mol. The Morgan fingerprint density at radius 1 is 1.00 bits per heavy atom. The molecular weight excluding hydrogens is 314 g/mol. The summed E-state index contributed by atoms with van der Waals surface area (Å²) in [4.78, 5) is 26.6. The molecule has 2 aromatic carbocycles. The number of rotatable bonds is 3. The van der Waals surface area contributed by atoms with Crippen molar-refractivity contribution < 1.29 is 14.3 Å². The standard InChI is InChI=1S/C21H23NO3/c1-13-5-6-15(3)19(9-13)25-21(24)17-11-20(23)22(12-17)18-8-7-14(2)16(4)10-18/h5-10,17H,11-12H2,1-4H3/t17-/m1/s1. The summed E-state index contributed by atoms with van der Waals surface area (Å²) in [5, 5.41) is 0. The highest BCUT2D eigenvalue weighted by molar-refractivity contribution is 5.99. The summed E-state index contributed by atoms with van der Waals surface area (Å²) in [6.07, 6.45) is 0.191. The van der Waals surface area contributed by atoms with Gasteiger partial charge in [-0.15, -0.1) is 0 Å². The number of carbonyl (C=O) groups is 2. The highest BCUT2D eigenvalue weighted by atomic mass is 16.5. The van der Waals surface area contributed by atoms with Gasteiger partial charge in [0.2, 0.25) is 5.91 Å². The van der Waals surface area contributed by atoms with Crippen LogP contribution >= 0.6 is 0 Å². The lowest BCUT2D eigenvalue weighted by Crippen LogP contribution is -2.27. The third kappa shape index (κ3) is 3.58. The van der Waals surface area contributed by atoms with E-state index in [1.165, 1.54) is 5.56 Å². The van der Waals surface area contributed by atoms with E-state index in [-0.39, 0.29) is 18.3 Å². The van der Waals surface area contributed by atoms with E-state index in [0.29, 0.717) is 12.3 Å². The molecule has 1 saturated heterocycles. The largest absolute Gasteiger partial charge is 0.426 e. The van der Waals surface area contributed by atoms with Crippen LogP contribution in [0.2, 0.25) is 0 Å². The van der Waals surface area contributed by atoms with Gasteiger partial charge in [-0.1, -0.05) is 18.2 Å². The fourth-order valence-corrected chi connectivity index (χ4v) is 3.02. The first-order valence-electron chi connectivity index (χ1n) is 8.51. The minimum Gasteiger partial charge on any atom is -0.426 e. The molecule has 0 unspecified atom stereocenters. The molecule has 130 valence electrons. The van der Waals surface area contributed by atoms with E-state index in [1.807, 2.05) is 64.1 Å². The Kier molecular flexibility index (Phi) is 4.62. The summed E-state index contributed by atoms with van der Waals surface area (Å²) in [6.45, 7) is 8.28. The van der Waals surface area contributed by atoms with Crippen molar-refractivity contribution in [3.8, 4) is 5.75 Å². The number of nitrogens with zero attached hydrogens (tertiary/aromatic N) is 1. The molecule has 25 heavy (non-hydrogen) atoms. The number of anilines is 1. The molecular formula is C21H23NO3. The number of aryl methyl sites for hydroxylation is 4. The van der Waals surface area contributed by atoms with Gasteiger partial charge >= 0.3 is 5.97 Å². The third-order valence-corrected chi connectivity index (χ3v) is 4.81. The summed E-state index contributed by atoms with van der Waals surface area (Å²) >= 11 is 0. The lowest BCUT2D eigenvalue weighted by Gasteiger charge is -2.18. The van der Waals surface area contributed by atoms with Gasteiger partial charge in [-0.3, -0.25) is 9.59 Å². The van der Waals surface area contributed by atoms with Gasteiger partial charge in [0, 0.05) is 18.7 Å². The molecule has 0 spiro atoms. The van der Waals surface area contributed by atoms with Gasteiger partial charge in [-0.05, 0) is 68.1 Å². The van der Waals surface area contributed by atoms with Crippen LogP contribution in [0.1, 0.15) is 28.7 Å². The molecule has 4 nitrogen and oxygen atoms in total. The Hall–Kier alpha value is -2.62. The van der Waals surface area contributed by atoms with Crippen LogP contribution in [0.3, 0.4) is 0 Å². The van der Waals surface area contributed by atoms with Crippen molar-refractivity contribution in [2.24, 2.45) is 5.92 Å². The molecule has 1 atom stereocenters. The normalized spacial score (nSPS) is 17.0. The van der Waals surface area contributed by atoms with Crippen molar-refractivity contribution in [1.29, 1.82) is 0 Å². The predicted octanol–water partition coefficient (Wildman–Crippen LogP) is 3.88. The van der Waals surface area contributed by atoms with Crippen molar-refractivity contribution in [2.75, 3.05) is 11.4 Å². The lowest BCUT2D eigenvalue weighted by molar-refractivity contribution is -0.139. The Morgan fingerprint density at radius 2 is 1.72 bits per heavy atom. The van der Waals surface area contributed by atoms with Crippen LogP contribution in [0.4, 0.5) is 5.69 Å². The number of hydrogen-bond acceptors (Lipinski definition) is 3. The average molecular weight is 337 g/mol. The number of benzene rings is 2. The molecule has 0 radical (unpaired) electrons. The van der Waals surface area contributed by atoms with Gasteiger partial charge in [0.15, 0.2) is 0 Å². The lowest BCUT2D eigenvalue weighted by atomic mass is 10.1. The highest BCUT2D eigenvalue weighted by Crippen LogP contribution is 2.28. The molecule has 4 heteroatoms. The Morgan fingerprint density at radius 3 is 2.44 bits per heavy atom. The molecule has 2 aromatic rings. The van der Waals surface area contributed by atoms with Crippen LogP contribution < -0.4 is 9.64 Å². The second-order valence-corrected chi connectivity index (χ2v) is 6.86. The number of carbonyl (C=O) groups excluding carboxylic acids is 2. The summed E-state index contributed by atoms with van der Waals surface area (Å²) in [7, 11) is 0. The topological polar surface area (TPSA) is 46.6 Å². The fourth-order valence-electron chi connectivity index (χ4n) is 3.02. The Bertz CT molecular complexity index is 841. The molecule has 1 heterocycles.